The highest BCUT2D eigenvalue weighted by atomic mass is 16.5. The van der Waals surface area contributed by atoms with Crippen LogP contribution in [0.25, 0.3) is 0 Å². The first-order valence-corrected chi connectivity index (χ1v) is 10.6. The second kappa shape index (κ2) is 8.80. The summed E-state index contributed by atoms with van der Waals surface area (Å²) in [4.78, 5) is 26.2. The molecule has 0 amide bonds. The van der Waals surface area contributed by atoms with Crippen LogP contribution < -0.4 is 10.1 Å². The van der Waals surface area contributed by atoms with Gasteiger partial charge in [-0.2, -0.15) is 0 Å². The minimum Gasteiger partial charge on any atom is -0.494 e. The van der Waals surface area contributed by atoms with E-state index in [4.69, 9.17) is 9.47 Å². The monoisotopic (exact) mass is 417 g/mol. The Morgan fingerprint density at radius 3 is 2.39 bits per heavy atom. The van der Waals surface area contributed by atoms with Gasteiger partial charge in [0, 0.05) is 29.3 Å². The average molecular weight is 418 g/mol. The molecule has 1 N–H and O–H groups in total. The lowest BCUT2D eigenvalue weighted by Gasteiger charge is -2.36. The molecule has 2 aromatic carbocycles. The van der Waals surface area contributed by atoms with Gasteiger partial charge in [0.2, 0.25) is 0 Å². The molecular weight excluding hydrogens is 390 g/mol. The Morgan fingerprint density at radius 1 is 1.03 bits per heavy atom. The van der Waals surface area contributed by atoms with Crippen LogP contribution in [0.1, 0.15) is 49.7 Å². The zero-order valence-corrected chi connectivity index (χ0v) is 18.1. The van der Waals surface area contributed by atoms with E-state index >= 15 is 0 Å². The molecular formula is C26H27NO4. The average Bonchev–Trinajstić information content (AvgIpc) is 2.79. The summed E-state index contributed by atoms with van der Waals surface area (Å²) in [5.41, 5.74) is 4.81. The van der Waals surface area contributed by atoms with Crippen LogP contribution in [0.2, 0.25) is 0 Å². The van der Waals surface area contributed by atoms with Gasteiger partial charge in [-0.15, -0.1) is 0 Å². The molecule has 1 aliphatic heterocycles. The van der Waals surface area contributed by atoms with E-state index in [1.54, 1.807) is 0 Å². The second-order valence-corrected chi connectivity index (χ2v) is 7.92. The van der Waals surface area contributed by atoms with Crippen molar-refractivity contribution < 1.29 is 19.1 Å². The Labute approximate surface area is 182 Å². The van der Waals surface area contributed by atoms with Gasteiger partial charge in [0.05, 0.1) is 19.3 Å². The lowest BCUT2D eigenvalue weighted by atomic mass is 9.72. The fourth-order valence-electron chi connectivity index (χ4n) is 4.64. The number of nitrogens with one attached hydrogen (secondary N) is 1. The largest absolute Gasteiger partial charge is 0.494 e. The van der Waals surface area contributed by atoms with Crippen molar-refractivity contribution in [1.82, 2.24) is 5.32 Å². The minimum atomic E-state index is -0.455. The van der Waals surface area contributed by atoms with E-state index in [0.717, 1.165) is 34.7 Å². The maximum atomic E-state index is 13.4. The van der Waals surface area contributed by atoms with Crippen LogP contribution in [0.5, 0.6) is 5.75 Å². The number of Topliss-reactive ketones (excluding diaryl/α,β-unsaturated/α-hetero) is 1. The van der Waals surface area contributed by atoms with Crippen molar-refractivity contribution in [1.29, 1.82) is 0 Å². The van der Waals surface area contributed by atoms with Crippen LogP contribution in [-0.2, 0) is 14.3 Å². The van der Waals surface area contributed by atoms with Crippen molar-refractivity contribution in [2.24, 2.45) is 0 Å². The molecule has 0 unspecified atom stereocenters. The van der Waals surface area contributed by atoms with E-state index in [1.165, 1.54) is 7.11 Å². The van der Waals surface area contributed by atoms with Gasteiger partial charge in [-0.05, 0) is 49.4 Å². The predicted molar refractivity (Wildman–Crippen MR) is 119 cm³/mol. The van der Waals surface area contributed by atoms with Gasteiger partial charge in [0.25, 0.3) is 0 Å². The third-order valence-corrected chi connectivity index (χ3v) is 6.03. The molecule has 2 aromatic rings. The number of rotatable bonds is 5. The number of hydrogen-bond donors (Lipinski definition) is 1. The van der Waals surface area contributed by atoms with Gasteiger partial charge in [0.15, 0.2) is 5.78 Å². The first-order chi connectivity index (χ1) is 15.0. The number of dihydropyridines is 1. The van der Waals surface area contributed by atoms with Crippen LogP contribution >= 0.6 is 0 Å². The van der Waals surface area contributed by atoms with E-state index in [0.29, 0.717) is 24.2 Å². The lowest BCUT2D eigenvalue weighted by molar-refractivity contribution is -0.136. The van der Waals surface area contributed by atoms with E-state index in [2.05, 4.69) is 17.4 Å². The van der Waals surface area contributed by atoms with E-state index in [-0.39, 0.29) is 11.7 Å². The molecule has 1 heterocycles. The van der Waals surface area contributed by atoms with Gasteiger partial charge in [-0.1, -0.05) is 42.5 Å². The first-order valence-electron chi connectivity index (χ1n) is 10.6. The van der Waals surface area contributed by atoms with E-state index in [9.17, 15) is 9.59 Å². The lowest BCUT2D eigenvalue weighted by Crippen LogP contribution is -2.36. The van der Waals surface area contributed by atoms with Crippen molar-refractivity contribution in [2.45, 2.75) is 38.5 Å². The molecule has 2 aliphatic rings. The van der Waals surface area contributed by atoms with Gasteiger partial charge < -0.3 is 14.8 Å². The highest BCUT2D eigenvalue weighted by Crippen LogP contribution is 2.45. The molecule has 0 saturated heterocycles. The topological polar surface area (TPSA) is 64.6 Å². The molecule has 4 rings (SSSR count). The van der Waals surface area contributed by atoms with E-state index < -0.39 is 11.9 Å². The Hall–Kier alpha value is -3.34. The van der Waals surface area contributed by atoms with Gasteiger partial charge in [-0.25, -0.2) is 4.79 Å². The highest BCUT2D eigenvalue weighted by Gasteiger charge is 2.41. The van der Waals surface area contributed by atoms with Crippen LogP contribution in [-0.4, -0.2) is 25.5 Å². The zero-order valence-electron chi connectivity index (χ0n) is 18.1. The highest BCUT2D eigenvalue weighted by molar-refractivity contribution is 6.04. The number of methoxy groups -OCH3 is 1. The molecule has 1 aliphatic carbocycles. The molecule has 0 spiro atoms. The summed E-state index contributed by atoms with van der Waals surface area (Å²) in [7, 11) is 1.37. The smallest absolute Gasteiger partial charge is 0.336 e. The molecule has 0 radical (unpaired) electrons. The molecule has 5 heteroatoms. The summed E-state index contributed by atoms with van der Waals surface area (Å²) in [6.07, 6.45) is 1.15. The summed E-state index contributed by atoms with van der Waals surface area (Å²) >= 11 is 0. The number of benzene rings is 2. The van der Waals surface area contributed by atoms with Crippen LogP contribution in [0.3, 0.4) is 0 Å². The quantitative estimate of drug-likeness (QED) is 0.719. The van der Waals surface area contributed by atoms with Crippen molar-refractivity contribution in [3.05, 3.63) is 88.3 Å². The summed E-state index contributed by atoms with van der Waals surface area (Å²) in [5.74, 6) is 0.0645. The number of carbonyl (C=O) groups is 2. The van der Waals surface area contributed by atoms with Gasteiger partial charge >= 0.3 is 5.97 Å². The zero-order chi connectivity index (χ0) is 22.0. The van der Waals surface area contributed by atoms with Crippen molar-refractivity contribution >= 4 is 11.8 Å². The van der Waals surface area contributed by atoms with Crippen LogP contribution in [0, 0.1) is 0 Å². The summed E-state index contributed by atoms with van der Waals surface area (Å²) in [5, 5.41) is 3.36. The van der Waals surface area contributed by atoms with Crippen molar-refractivity contribution in [3.63, 3.8) is 0 Å². The number of ketones is 1. The molecule has 5 nitrogen and oxygen atoms in total. The summed E-state index contributed by atoms with van der Waals surface area (Å²) in [6, 6.07) is 17.7. The molecule has 0 bridgehead atoms. The number of esters is 1. The standard InChI is InChI=1S/C26H27NO4/c1-4-31-20-12-10-18(11-13-20)24-23(26(29)30-3)16(2)27-21-14-19(15-22(28)25(21)24)17-8-6-5-7-9-17/h5-13,19,24,27H,4,14-15H2,1-3H3/t19-,24+/m0/s1. The van der Waals surface area contributed by atoms with Gasteiger partial charge in [-0.3, -0.25) is 4.79 Å². The van der Waals surface area contributed by atoms with Crippen LogP contribution in [0.15, 0.2) is 77.1 Å². The first kappa shape index (κ1) is 20.9. The molecule has 31 heavy (non-hydrogen) atoms. The van der Waals surface area contributed by atoms with E-state index in [1.807, 2.05) is 56.3 Å². The van der Waals surface area contributed by atoms with Crippen LogP contribution in [0.4, 0.5) is 0 Å². The normalized spacial score (nSPS) is 20.8. The Morgan fingerprint density at radius 2 is 1.74 bits per heavy atom. The maximum Gasteiger partial charge on any atom is 0.336 e. The maximum absolute atomic E-state index is 13.4. The molecule has 0 saturated carbocycles. The number of allylic oxidation sites excluding steroid dienone is 3. The molecule has 0 fully saturated rings. The van der Waals surface area contributed by atoms with Crippen molar-refractivity contribution in [2.75, 3.05) is 13.7 Å². The Kier molecular flexibility index (Phi) is 5.94. The van der Waals surface area contributed by atoms with Crippen molar-refractivity contribution in [3.8, 4) is 5.75 Å². The number of ether oxygens (including phenoxy) is 2. The number of hydrogen-bond acceptors (Lipinski definition) is 5. The Bertz CT molecular complexity index is 1050. The predicted octanol–water partition coefficient (Wildman–Crippen LogP) is 4.62. The summed E-state index contributed by atoms with van der Waals surface area (Å²) in [6.45, 7) is 4.38. The number of carbonyl (C=O) groups excluding carboxylic acids is 2. The second-order valence-electron chi connectivity index (χ2n) is 7.92. The fraction of sp³-hybridized carbons (Fsp3) is 0.308. The molecule has 2 atom stereocenters. The third kappa shape index (κ3) is 4.00. The minimum absolute atomic E-state index is 0.0652. The summed E-state index contributed by atoms with van der Waals surface area (Å²) < 4.78 is 10.6. The fourth-order valence-corrected chi connectivity index (χ4v) is 4.64. The molecule has 160 valence electrons. The Balaban J connectivity index is 1.78. The SMILES string of the molecule is CCOc1ccc([C@@H]2C(C(=O)OC)=C(C)NC3=C2C(=O)C[C@@H](c2ccccc2)C3)cc1. The van der Waals surface area contributed by atoms with Gasteiger partial charge in [0.1, 0.15) is 5.75 Å². The third-order valence-electron chi connectivity index (χ3n) is 6.03. The molecule has 0 aromatic heterocycles.